The van der Waals surface area contributed by atoms with Crippen molar-refractivity contribution in [3.05, 3.63) is 0 Å². The third-order valence-corrected chi connectivity index (χ3v) is 3.46. The highest BCUT2D eigenvalue weighted by Gasteiger charge is 2.44. The molecule has 0 aromatic carbocycles. The van der Waals surface area contributed by atoms with E-state index in [4.69, 9.17) is 0 Å². The maximum Gasteiger partial charge on any atom is 0.321 e. The third kappa shape index (κ3) is 2.71. The number of carboxylic acid groups (broad SMARTS) is 1. The highest BCUT2D eigenvalue weighted by molar-refractivity contribution is 5.74. The van der Waals surface area contributed by atoms with Crippen LogP contribution in [0.2, 0.25) is 0 Å². The van der Waals surface area contributed by atoms with Gasteiger partial charge in [-0.25, -0.2) is 0 Å². The number of hydrogen-bond acceptors (Lipinski definition) is 2. The molecule has 1 unspecified atom stereocenters. The first kappa shape index (κ1) is 10.9. The molecular formula is C12H21NO2. The zero-order chi connectivity index (χ0) is 10.8. The summed E-state index contributed by atoms with van der Waals surface area (Å²) in [7, 11) is 0. The molecule has 86 valence electrons. The summed E-state index contributed by atoms with van der Waals surface area (Å²) in [6.07, 6.45) is 6.94. The van der Waals surface area contributed by atoms with Crippen LogP contribution in [0.15, 0.2) is 0 Å². The maximum atomic E-state index is 11.3. The predicted molar refractivity (Wildman–Crippen MR) is 58.8 cm³/mol. The smallest absolute Gasteiger partial charge is 0.321 e. The summed E-state index contributed by atoms with van der Waals surface area (Å²) in [5.74, 6) is -0.152. The SMILES string of the molecule is CCCCN(C1CC1)C(C(=O)O)C1CC1. The first-order chi connectivity index (χ1) is 7.24. The molecule has 15 heavy (non-hydrogen) atoms. The van der Waals surface area contributed by atoms with Crippen LogP contribution < -0.4 is 0 Å². The molecular weight excluding hydrogens is 190 g/mol. The van der Waals surface area contributed by atoms with Crippen LogP contribution in [0.1, 0.15) is 45.4 Å². The molecule has 0 spiro atoms. The lowest BCUT2D eigenvalue weighted by Crippen LogP contribution is -2.44. The van der Waals surface area contributed by atoms with Crippen molar-refractivity contribution in [3.63, 3.8) is 0 Å². The van der Waals surface area contributed by atoms with Gasteiger partial charge < -0.3 is 5.11 Å². The van der Waals surface area contributed by atoms with E-state index in [-0.39, 0.29) is 6.04 Å². The fourth-order valence-electron chi connectivity index (χ4n) is 2.32. The average Bonchev–Trinajstić information content (AvgIpc) is 3.01. The summed E-state index contributed by atoms with van der Waals surface area (Å²) in [6, 6.07) is 0.405. The van der Waals surface area contributed by atoms with E-state index in [1.807, 2.05) is 0 Å². The molecule has 1 atom stereocenters. The minimum absolute atomic E-state index is 0.177. The summed E-state index contributed by atoms with van der Waals surface area (Å²) in [5.41, 5.74) is 0. The van der Waals surface area contributed by atoms with Gasteiger partial charge in [0.15, 0.2) is 0 Å². The minimum atomic E-state index is -0.597. The second kappa shape index (κ2) is 4.52. The van der Waals surface area contributed by atoms with Gasteiger partial charge in [-0.15, -0.1) is 0 Å². The van der Waals surface area contributed by atoms with E-state index in [1.165, 1.54) is 12.8 Å². The molecule has 1 N–H and O–H groups in total. The summed E-state index contributed by atoms with van der Waals surface area (Å²) < 4.78 is 0. The number of aliphatic carboxylic acids is 1. The van der Waals surface area contributed by atoms with Crippen LogP contribution in [0, 0.1) is 5.92 Å². The number of unbranched alkanes of at least 4 members (excludes halogenated alkanes) is 1. The van der Waals surface area contributed by atoms with E-state index in [1.54, 1.807) is 0 Å². The van der Waals surface area contributed by atoms with Gasteiger partial charge >= 0.3 is 5.97 Å². The lowest BCUT2D eigenvalue weighted by atomic mass is 10.1. The minimum Gasteiger partial charge on any atom is -0.480 e. The molecule has 3 heteroatoms. The maximum absolute atomic E-state index is 11.3. The Morgan fingerprint density at radius 2 is 2.07 bits per heavy atom. The van der Waals surface area contributed by atoms with Crippen molar-refractivity contribution in [1.29, 1.82) is 0 Å². The van der Waals surface area contributed by atoms with Gasteiger partial charge in [-0.1, -0.05) is 13.3 Å². The number of rotatable bonds is 7. The van der Waals surface area contributed by atoms with Crippen LogP contribution in [-0.2, 0) is 4.79 Å². The van der Waals surface area contributed by atoms with Gasteiger partial charge in [0.25, 0.3) is 0 Å². The summed E-state index contributed by atoms with van der Waals surface area (Å²) in [5, 5.41) is 9.29. The highest BCUT2D eigenvalue weighted by Crippen LogP contribution is 2.40. The Kier molecular flexibility index (Phi) is 3.29. The lowest BCUT2D eigenvalue weighted by molar-refractivity contribution is -0.144. The Bertz CT molecular complexity index is 234. The number of carboxylic acids is 1. The van der Waals surface area contributed by atoms with E-state index >= 15 is 0 Å². The normalized spacial score (nSPS) is 23.1. The highest BCUT2D eigenvalue weighted by atomic mass is 16.4. The van der Waals surface area contributed by atoms with Gasteiger partial charge in [-0.05, 0) is 44.6 Å². The molecule has 0 aromatic heterocycles. The Morgan fingerprint density at radius 1 is 1.40 bits per heavy atom. The second-order valence-electron chi connectivity index (χ2n) is 4.94. The van der Waals surface area contributed by atoms with Crippen molar-refractivity contribution in [3.8, 4) is 0 Å². The van der Waals surface area contributed by atoms with E-state index in [2.05, 4.69) is 11.8 Å². The molecule has 2 saturated carbocycles. The Hall–Kier alpha value is -0.570. The van der Waals surface area contributed by atoms with Crippen LogP contribution in [-0.4, -0.2) is 34.6 Å². The van der Waals surface area contributed by atoms with E-state index in [0.717, 1.165) is 32.2 Å². The van der Waals surface area contributed by atoms with Crippen molar-refractivity contribution in [2.45, 2.75) is 57.5 Å². The summed E-state index contributed by atoms with van der Waals surface area (Å²) >= 11 is 0. The zero-order valence-corrected chi connectivity index (χ0v) is 9.48. The molecule has 2 rings (SSSR count). The van der Waals surface area contributed by atoms with E-state index in [9.17, 15) is 9.90 Å². The van der Waals surface area contributed by atoms with Crippen LogP contribution in [0.4, 0.5) is 0 Å². The standard InChI is InChI=1S/C12H21NO2/c1-2-3-8-13(10-6-7-10)11(12(14)15)9-4-5-9/h9-11H,2-8H2,1H3,(H,14,15). The molecule has 3 nitrogen and oxygen atoms in total. The van der Waals surface area contributed by atoms with Gasteiger partial charge in [0.2, 0.25) is 0 Å². The molecule has 0 aliphatic heterocycles. The van der Waals surface area contributed by atoms with E-state index < -0.39 is 5.97 Å². The second-order valence-corrected chi connectivity index (χ2v) is 4.94. The van der Waals surface area contributed by atoms with Gasteiger partial charge in [0.1, 0.15) is 6.04 Å². The Morgan fingerprint density at radius 3 is 2.47 bits per heavy atom. The molecule has 0 amide bonds. The van der Waals surface area contributed by atoms with Gasteiger partial charge in [0, 0.05) is 6.04 Å². The molecule has 0 heterocycles. The molecule has 0 aromatic rings. The van der Waals surface area contributed by atoms with Crippen LogP contribution in [0.25, 0.3) is 0 Å². The van der Waals surface area contributed by atoms with Crippen molar-refractivity contribution >= 4 is 5.97 Å². The van der Waals surface area contributed by atoms with Gasteiger partial charge in [0.05, 0.1) is 0 Å². The van der Waals surface area contributed by atoms with E-state index in [0.29, 0.717) is 12.0 Å². The fourth-order valence-corrected chi connectivity index (χ4v) is 2.32. The topological polar surface area (TPSA) is 40.5 Å². The first-order valence-corrected chi connectivity index (χ1v) is 6.22. The lowest BCUT2D eigenvalue weighted by Gasteiger charge is -2.28. The monoisotopic (exact) mass is 211 g/mol. The molecule has 2 aliphatic rings. The van der Waals surface area contributed by atoms with Crippen molar-refractivity contribution in [2.24, 2.45) is 5.92 Å². The summed E-state index contributed by atoms with van der Waals surface area (Å²) in [4.78, 5) is 13.5. The number of carbonyl (C=O) groups is 1. The van der Waals surface area contributed by atoms with Crippen LogP contribution >= 0.6 is 0 Å². The largest absolute Gasteiger partial charge is 0.480 e. The Balaban J connectivity index is 1.96. The fraction of sp³-hybridized carbons (Fsp3) is 0.917. The molecule has 0 saturated heterocycles. The first-order valence-electron chi connectivity index (χ1n) is 6.22. The van der Waals surface area contributed by atoms with Crippen LogP contribution in [0.5, 0.6) is 0 Å². The number of hydrogen-bond donors (Lipinski definition) is 1. The predicted octanol–water partition coefficient (Wildman–Crippen LogP) is 2.11. The third-order valence-electron chi connectivity index (χ3n) is 3.46. The molecule has 2 fully saturated rings. The summed E-state index contributed by atoms with van der Waals surface area (Å²) in [6.45, 7) is 3.15. The Labute approximate surface area is 91.5 Å². The van der Waals surface area contributed by atoms with Crippen molar-refractivity contribution in [2.75, 3.05) is 6.54 Å². The number of nitrogens with zero attached hydrogens (tertiary/aromatic N) is 1. The average molecular weight is 211 g/mol. The molecule has 0 radical (unpaired) electrons. The zero-order valence-electron chi connectivity index (χ0n) is 9.48. The quantitative estimate of drug-likeness (QED) is 0.701. The van der Waals surface area contributed by atoms with Crippen LogP contribution in [0.3, 0.4) is 0 Å². The van der Waals surface area contributed by atoms with Crippen molar-refractivity contribution in [1.82, 2.24) is 4.90 Å². The van der Waals surface area contributed by atoms with Crippen molar-refractivity contribution < 1.29 is 9.90 Å². The van der Waals surface area contributed by atoms with Gasteiger partial charge in [-0.3, -0.25) is 9.69 Å². The molecule has 0 bridgehead atoms. The van der Waals surface area contributed by atoms with Gasteiger partial charge in [-0.2, -0.15) is 0 Å². The molecule has 2 aliphatic carbocycles.